The quantitative estimate of drug-likeness (QED) is 0.0618. The maximum atomic E-state index is 11.9. The molecule has 0 radical (unpaired) electrons. The van der Waals surface area contributed by atoms with Crippen LogP contribution >= 0.6 is 0 Å². The van der Waals surface area contributed by atoms with Gasteiger partial charge in [-0.1, -0.05) is 62.6 Å². The Labute approximate surface area is 231 Å². The number of allylic oxidation sites excluding steroid dienone is 6. The van der Waals surface area contributed by atoms with E-state index in [4.69, 9.17) is 18.8 Å². The monoisotopic (exact) mass is 578 g/mol. The van der Waals surface area contributed by atoms with Crippen LogP contribution in [0.2, 0.25) is 0 Å². The minimum atomic E-state index is -4.54. The summed E-state index contributed by atoms with van der Waals surface area (Å²) in [7, 11) is -4.54. The largest absolute Gasteiger partial charge is 0.463 e. The first kappa shape index (κ1) is 35.4. The molecule has 0 amide bonds. The molecule has 0 aromatic heterocycles. The summed E-state index contributed by atoms with van der Waals surface area (Å²) in [6, 6.07) is 0. The van der Waals surface area contributed by atoms with Crippen LogP contribution < -0.4 is 0 Å². The van der Waals surface area contributed by atoms with Gasteiger partial charge in [0.25, 0.3) is 10.1 Å². The third kappa shape index (κ3) is 16.9. The third-order valence-corrected chi connectivity index (χ3v) is 6.71. The van der Waals surface area contributed by atoms with Crippen LogP contribution in [0.25, 0.3) is 0 Å². The summed E-state index contributed by atoms with van der Waals surface area (Å²) in [6.45, 7) is 1.30. The van der Waals surface area contributed by atoms with E-state index in [1.54, 1.807) is 0 Å². The van der Waals surface area contributed by atoms with E-state index in [0.717, 1.165) is 51.4 Å². The molecule has 6 atom stereocenters. The fourth-order valence-corrected chi connectivity index (χ4v) is 4.49. The minimum absolute atomic E-state index is 0.221. The highest BCUT2D eigenvalue weighted by Crippen LogP contribution is 2.23. The second-order valence-electron chi connectivity index (χ2n) is 9.53. The predicted octanol–water partition coefficient (Wildman–Crippen LogP) is 2.19. The molecule has 11 nitrogen and oxygen atoms in total. The van der Waals surface area contributed by atoms with E-state index < -0.39 is 65.3 Å². The maximum absolute atomic E-state index is 11.9. The highest BCUT2D eigenvalue weighted by molar-refractivity contribution is 7.85. The molecule has 1 aliphatic rings. The average Bonchev–Trinajstić information content (AvgIpc) is 2.88. The van der Waals surface area contributed by atoms with E-state index in [0.29, 0.717) is 6.42 Å². The zero-order chi connectivity index (χ0) is 29.1. The number of rotatable bonds is 20. The summed E-state index contributed by atoms with van der Waals surface area (Å²) in [6.07, 6.45) is 12.3. The van der Waals surface area contributed by atoms with Crippen molar-refractivity contribution in [1.29, 1.82) is 0 Å². The van der Waals surface area contributed by atoms with E-state index in [1.807, 2.05) is 0 Å². The Morgan fingerprint density at radius 3 is 2.15 bits per heavy atom. The van der Waals surface area contributed by atoms with E-state index in [2.05, 4.69) is 43.4 Å². The number of unbranched alkanes of at least 4 members (excludes halogenated alkanes) is 5. The van der Waals surface area contributed by atoms with Crippen molar-refractivity contribution in [2.24, 2.45) is 0 Å². The van der Waals surface area contributed by atoms with E-state index >= 15 is 0 Å². The van der Waals surface area contributed by atoms with Crippen molar-refractivity contribution < 1.29 is 52.4 Å². The van der Waals surface area contributed by atoms with Gasteiger partial charge in [0.05, 0.1) is 6.61 Å². The Balaban J connectivity index is 2.11. The zero-order valence-corrected chi connectivity index (χ0v) is 23.5. The third-order valence-electron chi connectivity index (χ3n) is 5.96. The summed E-state index contributed by atoms with van der Waals surface area (Å²) in [5, 5.41) is 39.7. The zero-order valence-electron chi connectivity index (χ0n) is 22.7. The average molecular weight is 579 g/mol. The van der Waals surface area contributed by atoms with Gasteiger partial charge in [-0.15, -0.1) is 0 Å². The van der Waals surface area contributed by atoms with Crippen LogP contribution in [0.4, 0.5) is 0 Å². The molecule has 226 valence electrons. The van der Waals surface area contributed by atoms with Crippen molar-refractivity contribution >= 4 is 16.1 Å². The molecular formula is C27H46O11S. The van der Waals surface area contributed by atoms with Crippen LogP contribution in [0, 0.1) is 0 Å². The number of carbonyl (C=O) groups excluding carboxylic acids is 1. The maximum Gasteiger partial charge on any atom is 0.305 e. The van der Waals surface area contributed by atoms with Gasteiger partial charge in [0.1, 0.15) is 42.9 Å². The molecule has 1 aliphatic heterocycles. The van der Waals surface area contributed by atoms with Crippen molar-refractivity contribution in [1.82, 2.24) is 0 Å². The SMILES string of the molecule is CC/C=C\C/C=C\C/C=C\CCCCCCCC(=O)OC[C@@H](O)CO[C@H]1O[C@H](CS(=O)(=O)O)[C@@H](O)[C@H](O)[C@H]1O. The normalized spacial score (nSPS) is 25.1. The molecule has 1 rings (SSSR count). The summed E-state index contributed by atoms with van der Waals surface area (Å²) in [5.74, 6) is -1.49. The Morgan fingerprint density at radius 1 is 0.872 bits per heavy atom. The van der Waals surface area contributed by atoms with Gasteiger partial charge in [-0.3, -0.25) is 9.35 Å². The first-order valence-corrected chi connectivity index (χ1v) is 15.2. The molecule has 1 fully saturated rings. The Kier molecular flexibility index (Phi) is 18.4. The van der Waals surface area contributed by atoms with Crippen LogP contribution in [-0.4, -0.2) is 95.1 Å². The molecule has 1 heterocycles. The predicted molar refractivity (Wildman–Crippen MR) is 145 cm³/mol. The van der Waals surface area contributed by atoms with E-state index in [-0.39, 0.29) is 13.0 Å². The lowest BCUT2D eigenvalue weighted by molar-refractivity contribution is -0.296. The molecule has 0 aliphatic carbocycles. The van der Waals surface area contributed by atoms with E-state index in [1.165, 1.54) is 0 Å². The lowest BCUT2D eigenvalue weighted by atomic mass is 10.00. The molecule has 39 heavy (non-hydrogen) atoms. The molecule has 12 heteroatoms. The van der Waals surface area contributed by atoms with Crippen LogP contribution in [0.3, 0.4) is 0 Å². The highest BCUT2D eigenvalue weighted by atomic mass is 32.2. The Bertz CT molecular complexity index is 856. The molecule has 0 saturated carbocycles. The van der Waals surface area contributed by atoms with Gasteiger partial charge < -0.3 is 34.6 Å². The Hall–Kier alpha value is -1.64. The number of ether oxygens (including phenoxy) is 3. The molecule has 1 saturated heterocycles. The lowest BCUT2D eigenvalue weighted by Crippen LogP contribution is -2.60. The fourth-order valence-electron chi connectivity index (χ4n) is 3.80. The first-order chi connectivity index (χ1) is 18.5. The summed E-state index contributed by atoms with van der Waals surface area (Å²) < 4.78 is 46.4. The first-order valence-electron chi connectivity index (χ1n) is 13.6. The standard InChI is InChI=1S/C27H46O11S/c1-2-3-4-5-6-7-8-9-10-11-12-13-14-15-16-17-23(29)36-18-21(28)19-37-27-26(32)25(31)24(30)22(38-27)20-39(33,34)35/h3-4,6-7,9-10,21-22,24-28,30-32H,2,5,8,11-20H2,1H3,(H,33,34,35)/b4-3-,7-6-,10-9-/t21-,22-,24-,25+,26-,27+/m1/s1. The lowest BCUT2D eigenvalue weighted by Gasteiger charge is -2.40. The molecule has 0 spiro atoms. The van der Waals surface area contributed by atoms with Crippen molar-refractivity contribution in [3.05, 3.63) is 36.5 Å². The van der Waals surface area contributed by atoms with Crippen molar-refractivity contribution in [3.8, 4) is 0 Å². The van der Waals surface area contributed by atoms with Crippen molar-refractivity contribution in [2.75, 3.05) is 19.0 Å². The van der Waals surface area contributed by atoms with Gasteiger partial charge >= 0.3 is 5.97 Å². The number of aliphatic hydroxyl groups excluding tert-OH is 4. The second-order valence-corrected chi connectivity index (χ2v) is 11.0. The fraction of sp³-hybridized carbons (Fsp3) is 0.741. The van der Waals surface area contributed by atoms with E-state index in [9.17, 15) is 33.6 Å². The number of esters is 1. The Morgan fingerprint density at radius 2 is 1.49 bits per heavy atom. The minimum Gasteiger partial charge on any atom is -0.463 e. The van der Waals surface area contributed by atoms with Gasteiger partial charge in [0.15, 0.2) is 6.29 Å². The molecule has 0 unspecified atom stereocenters. The van der Waals surface area contributed by atoms with Gasteiger partial charge in [0, 0.05) is 6.42 Å². The molecule has 5 N–H and O–H groups in total. The second kappa shape index (κ2) is 20.3. The smallest absolute Gasteiger partial charge is 0.305 e. The van der Waals surface area contributed by atoms with Crippen LogP contribution in [0.15, 0.2) is 36.5 Å². The van der Waals surface area contributed by atoms with Gasteiger partial charge in [-0.2, -0.15) is 8.42 Å². The summed E-state index contributed by atoms with van der Waals surface area (Å²) in [4.78, 5) is 11.9. The number of aliphatic hydroxyl groups is 4. The molecular weight excluding hydrogens is 532 g/mol. The van der Waals surface area contributed by atoms with Crippen LogP contribution in [0.5, 0.6) is 0 Å². The molecule has 0 aromatic carbocycles. The summed E-state index contributed by atoms with van der Waals surface area (Å²) in [5.41, 5.74) is 0. The number of carbonyl (C=O) groups is 1. The van der Waals surface area contributed by atoms with Gasteiger partial charge in [-0.25, -0.2) is 0 Å². The summed E-state index contributed by atoms with van der Waals surface area (Å²) >= 11 is 0. The van der Waals surface area contributed by atoms with Crippen LogP contribution in [-0.2, 0) is 29.1 Å². The molecule has 0 aromatic rings. The number of hydrogen-bond donors (Lipinski definition) is 5. The topological polar surface area (TPSA) is 180 Å². The molecule has 0 bridgehead atoms. The van der Waals surface area contributed by atoms with Gasteiger partial charge in [0.2, 0.25) is 0 Å². The number of hydrogen-bond acceptors (Lipinski definition) is 10. The highest BCUT2D eigenvalue weighted by Gasteiger charge is 2.45. The van der Waals surface area contributed by atoms with Crippen molar-refractivity contribution in [2.45, 2.75) is 108 Å². The van der Waals surface area contributed by atoms with Crippen molar-refractivity contribution in [3.63, 3.8) is 0 Å². The van der Waals surface area contributed by atoms with Gasteiger partial charge in [-0.05, 0) is 38.5 Å². The van der Waals surface area contributed by atoms with Crippen LogP contribution in [0.1, 0.15) is 71.1 Å².